The number of rotatable bonds is 13. The summed E-state index contributed by atoms with van der Waals surface area (Å²) < 4.78 is 29.5. The van der Waals surface area contributed by atoms with Crippen molar-refractivity contribution in [2.24, 2.45) is 0 Å². The molecule has 0 aliphatic heterocycles. The Bertz CT molecular complexity index is 1760. The van der Waals surface area contributed by atoms with Gasteiger partial charge in [0.15, 0.2) is 0 Å². The van der Waals surface area contributed by atoms with Crippen LogP contribution >= 0.6 is 11.6 Å². The molecule has 1 N–H and O–H groups in total. The quantitative estimate of drug-likeness (QED) is 0.167. The van der Waals surface area contributed by atoms with Crippen LogP contribution in [0.15, 0.2) is 102 Å². The van der Waals surface area contributed by atoms with Crippen LogP contribution in [0, 0.1) is 20.8 Å². The van der Waals surface area contributed by atoms with Gasteiger partial charge in [0, 0.05) is 24.0 Å². The van der Waals surface area contributed by atoms with Gasteiger partial charge in [-0.15, -0.1) is 0 Å². The molecule has 0 aliphatic rings. The molecule has 0 saturated carbocycles. The lowest BCUT2D eigenvalue weighted by Crippen LogP contribution is -2.54. The zero-order chi connectivity index (χ0) is 33.4. The van der Waals surface area contributed by atoms with Gasteiger partial charge in [0.2, 0.25) is 11.8 Å². The van der Waals surface area contributed by atoms with Gasteiger partial charge in [0.25, 0.3) is 10.0 Å². The molecule has 242 valence electrons. The number of anilines is 1. The molecule has 4 aromatic rings. The number of nitrogens with zero attached hydrogens (tertiary/aromatic N) is 2. The highest BCUT2D eigenvalue weighted by Crippen LogP contribution is 2.29. The van der Waals surface area contributed by atoms with E-state index in [1.807, 2.05) is 89.2 Å². The van der Waals surface area contributed by atoms with E-state index in [2.05, 4.69) is 5.32 Å². The average molecular weight is 660 g/mol. The van der Waals surface area contributed by atoms with E-state index in [1.165, 1.54) is 17.0 Å². The Kier molecular flexibility index (Phi) is 11.7. The summed E-state index contributed by atoms with van der Waals surface area (Å²) in [5.41, 5.74) is 4.64. The summed E-state index contributed by atoms with van der Waals surface area (Å²) in [6, 6.07) is 27.6. The molecule has 4 rings (SSSR count). The molecule has 0 fully saturated rings. The first-order valence-electron chi connectivity index (χ1n) is 15.4. The highest BCUT2D eigenvalue weighted by Gasteiger charge is 2.35. The van der Waals surface area contributed by atoms with Crippen molar-refractivity contribution in [1.82, 2.24) is 10.2 Å². The number of hydrogen-bond acceptors (Lipinski definition) is 4. The smallest absolute Gasteiger partial charge is 0.264 e. The van der Waals surface area contributed by atoms with Crippen molar-refractivity contribution in [2.75, 3.05) is 10.8 Å². The van der Waals surface area contributed by atoms with Crippen molar-refractivity contribution in [2.45, 2.75) is 71.0 Å². The number of benzene rings is 4. The Morgan fingerprint density at radius 1 is 0.826 bits per heavy atom. The fourth-order valence-corrected chi connectivity index (χ4v) is 6.69. The molecule has 2 atom stereocenters. The molecular formula is C37H42ClN3O4S. The lowest BCUT2D eigenvalue weighted by Gasteiger charge is -2.34. The molecule has 9 heteroatoms. The minimum Gasteiger partial charge on any atom is -0.352 e. The number of aryl methyl sites for hydroxylation is 3. The van der Waals surface area contributed by atoms with Gasteiger partial charge >= 0.3 is 0 Å². The largest absolute Gasteiger partial charge is 0.352 e. The maximum atomic E-state index is 14.6. The van der Waals surface area contributed by atoms with Crippen LogP contribution in [0.1, 0.15) is 48.1 Å². The maximum absolute atomic E-state index is 14.6. The van der Waals surface area contributed by atoms with E-state index in [1.54, 1.807) is 30.3 Å². The van der Waals surface area contributed by atoms with Gasteiger partial charge < -0.3 is 10.2 Å². The van der Waals surface area contributed by atoms with Gasteiger partial charge in [-0.25, -0.2) is 8.42 Å². The second-order valence-electron chi connectivity index (χ2n) is 11.8. The molecular weight excluding hydrogens is 618 g/mol. The molecule has 0 spiro atoms. The number of halogens is 1. The Morgan fingerprint density at radius 3 is 2.13 bits per heavy atom. The minimum absolute atomic E-state index is 0.0446. The van der Waals surface area contributed by atoms with E-state index < -0.39 is 28.5 Å². The third-order valence-electron chi connectivity index (χ3n) is 8.04. The average Bonchev–Trinajstić information content (AvgIpc) is 3.03. The molecule has 2 amide bonds. The van der Waals surface area contributed by atoms with E-state index in [0.717, 1.165) is 32.1 Å². The van der Waals surface area contributed by atoms with Crippen molar-refractivity contribution >= 4 is 39.1 Å². The molecule has 0 aromatic heterocycles. The monoisotopic (exact) mass is 659 g/mol. The zero-order valence-electron chi connectivity index (χ0n) is 27.0. The summed E-state index contributed by atoms with van der Waals surface area (Å²) in [6.07, 6.45) is 0.966. The van der Waals surface area contributed by atoms with Gasteiger partial charge in [0.05, 0.1) is 10.6 Å². The molecule has 46 heavy (non-hydrogen) atoms. The predicted molar refractivity (Wildman–Crippen MR) is 185 cm³/mol. The number of carbonyl (C=O) groups excluding carboxylic acids is 2. The highest BCUT2D eigenvalue weighted by molar-refractivity contribution is 7.92. The van der Waals surface area contributed by atoms with Crippen LogP contribution in [0.2, 0.25) is 5.02 Å². The summed E-state index contributed by atoms with van der Waals surface area (Å²) in [7, 11) is -4.21. The summed E-state index contributed by atoms with van der Waals surface area (Å²) in [4.78, 5) is 30.1. The van der Waals surface area contributed by atoms with Crippen molar-refractivity contribution in [3.63, 3.8) is 0 Å². The molecule has 0 radical (unpaired) electrons. The molecule has 0 heterocycles. The maximum Gasteiger partial charge on any atom is 0.264 e. The molecule has 4 aromatic carbocycles. The molecule has 0 saturated heterocycles. The first-order valence-corrected chi connectivity index (χ1v) is 17.3. The van der Waals surface area contributed by atoms with Crippen LogP contribution < -0.4 is 9.62 Å². The van der Waals surface area contributed by atoms with Crippen LogP contribution in [0.5, 0.6) is 0 Å². The summed E-state index contributed by atoms with van der Waals surface area (Å²) in [6.45, 7) is 9.13. The Hall–Kier alpha value is -4.14. The number of hydrogen-bond donors (Lipinski definition) is 1. The van der Waals surface area contributed by atoms with E-state index in [0.29, 0.717) is 11.4 Å². The van der Waals surface area contributed by atoms with Crippen LogP contribution in [0.4, 0.5) is 5.69 Å². The molecule has 0 unspecified atom stereocenters. The van der Waals surface area contributed by atoms with Crippen LogP contribution in [0.3, 0.4) is 0 Å². The van der Waals surface area contributed by atoms with E-state index in [4.69, 9.17) is 11.6 Å². The standard InChI is InChI=1S/C37H42ClN3O4S/c1-6-29(5)39-37(43)35(22-30-12-8-7-9-13-30)40(24-31-14-10-11-27(3)21-31)36(42)25-41(32-18-17-28(4)34(38)23-32)46(44,45)33-19-15-26(2)16-20-33/h7-21,23,29,35H,6,22,24-25H2,1-5H3,(H,39,43)/t29-,35+/m0/s1. The summed E-state index contributed by atoms with van der Waals surface area (Å²) >= 11 is 6.47. The third kappa shape index (κ3) is 8.77. The SMILES string of the molecule is CC[C@H](C)NC(=O)[C@@H](Cc1ccccc1)N(Cc1cccc(C)c1)C(=O)CN(c1ccc(C)c(Cl)c1)S(=O)(=O)c1ccc(C)cc1. The lowest BCUT2D eigenvalue weighted by atomic mass is 10.0. The van der Waals surface area contributed by atoms with Crippen LogP contribution in [-0.4, -0.2) is 43.8 Å². The number of nitrogens with one attached hydrogen (secondary N) is 1. The van der Waals surface area contributed by atoms with Gasteiger partial charge in [-0.1, -0.05) is 102 Å². The van der Waals surface area contributed by atoms with Gasteiger partial charge in [-0.2, -0.15) is 0 Å². The fourth-order valence-electron chi connectivity index (χ4n) is 5.11. The normalized spacial score (nSPS) is 12.7. The summed E-state index contributed by atoms with van der Waals surface area (Å²) in [5.74, 6) is -0.820. The van der Waals surface area contributed by atoms with E-state index >= 15 is 0 Å². The molecule has 0 aliphatic carbocycles. The second-order valence-corrected chi connectivity index (χ2v) is 14.1. The fraction of sp³-hybridized carbons (Fsp3) is 0.297. The van der Waals surface area contributed by atoms with E-state index in [9.17, 15) is 18.0 Å². The second kappa shape index (κ2) is 15.4. The zero-order valence-corrected chi connectivity index (χ0v) is 28.6. The minimum atomic E-state index is -4.21. The van der Waals surface area contributed by atoms with Crippen LogP contribution in [-0.2, 0) is 32.6 Å². The molecule has 7 nitrogen and oxygen atoms in total. The van der Waals surface area contributed by atoms with Crippen molar-refractivity contribution < 1.29 is 18.0 Å². The Labute approximate surface area is 278 Å². The van der Waals surface area contributed by atoms with Crippen molar-refractivity contribution in [1.29, 1.82) is 0 Å². The first kappa shape index (κ1) is 34.7. The highest BCUT2D eigenvalue weighted by atomic mass is 35.5. The Balaban J connectivity index is 1.83. The first-order chi connectivity index (χ1) is 21.9. The molecule has 0 bridgehead atoms. The van der Waals surface area contributed by atoms with Gasteiger partial charge in [-0.05, 0) is 75.1 Å². The topological polar surface area (TPSA) is 86.8 Å². The Morgan fingerprint density at radius 2 is 1.50 bits per heavy atom. The number of carbonyl (C=O) groups is 2. The van der Waals surface area contributed by atoms with E-state index in [-0.39, 0.29) is 35.5 Å². The predicted octanol–water partition coefficient (Wildman–Crippen LogP) is 7.02. The van der Waals surface area contributed by atoms with Crippen LogP contribution in [0.25, 0.3) is 0 Å². The van der Waals surface area contributed by atoms with Gasteiger partial charge in [-0.3, -0.25) is 13.9 Å². The lowest BCUT2D eigenvalue weighted by molar-refractivity contribution is -0.140. The van der Waals surface area contributed by atoms with Crippen molar-refractivity contribution in [3.05, 3.63) is 130 Å². The van der Waals surface area contributed by atoms with Crippen molar-refractivity contribution in [3.8, 4) is 0 Å². The third-order valence-corrected chi connectivity index (χ3v) is 10.2. The number of amides is 2. The van der Waals surface area contributed by atoms with Gasteiger partial charge in [0.1, 0.15) is 12.6 Å². The number of sulfonamides is 1. The summed E-state index contributed by atoms with van der Waals surface area (Å²) in [5, 5.41) is 3.44.